The molecule has 0 fully saturated rings. The summed E-state index contributed by atoms with van der Waals surface area (Å²) in [5.41, 5.74) is 10.1. The summed E-state index contributed by atoms with van der Waals surface area (Å²) in [5.74, 6) is -0.791. The maximum absolute atomic E-state index is 13.4. The zero-order valence-corrected chi connectivity index (χ0v) is 30.0. The van der Waals surface area contributed by atoms with Crippen LogP contribution in [0.1, 0.15) is 82.4 Å². The first-order valence-electron chi connectivity index (χ1n) is 17.8. The van der Waals surface area contributed by atoms with Gasteiger partial charge in [-0.15, -0.1) is 0 Å². The van der Waals surface area contributed by atoms with Gasteiger partial charge in [-0.3, -0.25) is 9.59 Å². The monoisotopic (exact) mass is 717 g/mol. The van der Waals surface area contributed by atoms with Gasteiger partial charge in [0.05, 0.1) is 6.10 Å². The number of fused-ring (bicyclic) bond motifs is 1. The third-order valence-corrected chi connectivity index (χ3v) is 8.41. The molecule has 3 aromatic carbocycles. The smallest absolute Gasteiger partial charge is 0.410 e. The molecule has 0 aliphatic carbocycles. The molecule has 0 saturated carbocycles. The van der Waals surface area contributed by atoms with Crippen molar-refractivity contribution in [2.75, 3.05) is 26.2 Å². The molecule has 0 aliphatic heterocycles. The van der Waals surface area contributed by atoms with Crippen molar-refractivity contribution < 1.29 is 33.8 Å². The van der Waals surface area contributed by atoms with E-state index in [1.54, 1.807) is 11.8 Å². The van der Waals surface area contributed by atoms with Gasteiger partial charge in [0.1, 0.15) is 6.61 Å². The fraction of sp³-hybridized carbons (Fsp3) is 0.474. The molecule has 3 rings (SSSR count). The fourth-order valence-electron chi connectivity index (χ4n) is 5.46. The summed E-state index contributed by atoms with van der Waals surface area (Å²) in [5, 5.41) is 22.7. The highest BCUT2D eigenvalue weighted by atomic mass is 16.6. The lowest BCUT2D eigenvalue weighted by Gasteiger charge is -2.24. The van der Waals surface area contributed by atoms with Crippen LogP contribution in [0.25, 0.3) is 21.2 Å². The third kappa shape index (κ3) is 15.7. The van der Waals surface area contributed by atoms with E-state index in [1.165, 1.54) is 0 Å². The quantitative estimate of drug-likeness (QED) is 0.0262. The van der Waals surface area contributed by atoms with E-state index >= 15 is 0 Å². The van der Waals surface area contributed by atoms with E-state index in [2.05, 4.69) is 26.0 Å². The average molecular weight is 718 g/mol. The van der Waals surface area contributed by atoms with Crippen LogP contribution in [0.2, 0.25) is 0 Å². The number of amides is 4. The Morgan fingerprint density at radius 3 is 2.35 bits per heavy atom. The number of azide groups is 1. The number of ether oxygens (including phenoxy) is 2. The molecule has 0 unspecified atom stereocenters. The molecule has 14 heteroatoms. The summed E-state index contributed by atoms with van der Waals surface area (Å²) < 4.78 is 11.7. The topological polar surface area (TPSA) is 195 Å². The lowest BCUT2D eigenvalue weighted by atomic mass is 10.0. The van der Waals surface area contributed by atoms with Crippen molar-refractivity contribution in [3.63, 3.8) is 0 Å². The fourth-order valence-corrected chi connectivity index (χ4v) is 5.46. The van der Waals surface area contributed by atoms with Gasteiger partial charge >= 0.3 is 12.2 Å². The van der Waals surface area contributed by atoms with Gasteiger partial charge < -0.3 is 35.4 Å². The molecular formula is C38H51N7O7. The molecule has 0 saturated heterocycles. The van der Waals surface area contributed by atoms with Crippen LogP contribution < -0.4 is 16.0 Å². The van der Waals surface area contributed by atoms with Gasteiger partial charge in [0, 0.05) is 43.6 Å². The summed E-state index contributed by atoms with van der Waals surface area (Å²) in [6, 6.07) is 22.8. The second kappa shape index (κ2) is 23.2. The molecule has 280 valence electrons. The Kier molecular flexibility index (Phi) is 18.3. The predicted molar refractivity (Wildman–Crippen MR) is 198 cm³/mol. The number of hydrogen-bond donors (Lipinski definition) is 4. The van der Waals surface area contributed by atoms with E-state index in [9.17, 15) is 19.2 Å². The highest BCUT2D eigenvalue weighted by Gasteiger charge is 2.25. The number of rotatable bonds is 23. The van der Waals surface area contributed by atoms with Crippen LogP contribution >= 0.6 is 0 Å². The van der Waals surface area contributed by atoms with Crippen molar-refractivity contribution in [1.82, 2.24) is 20.9 Å². The number of carbonyl (C=O) groups excluding carboxylic acids is 3. The summed E-state index contributed by atoms with van der Waals surface area (Å²) >= 11 is 0. The first-order chi connectivity index (χ1) is 25.2. The van der Waals surface area contributed by atoms with Crippen LogP contribution in [0.4, 0.5) is 9.59 Å². The number of benzene rings is 3. The van der Waals surface area contributed by atoms with E-state index < -0.39 is 30.4 Å². The average Bonchev–Trinajstić information content (AvgIpc) is 3.14. The molecule has 0 spiro atoms. The van der Waals surface area contributed by atoms with Gasteiger partial charge in [0.15, 0.2) is 0 Å². The molecule has 52 heavy (non-hydrogen) atoms. The van der Waals surface area contributed by atoms with Gasteiger partial charge in [-0.2, -0.15) is 0 Å². The summed E-state index contributed by atoms with van der Waals surface area (Å²) in [4.78, 5) is 54.6. The van der Waals surface area contributed by atoms with E-state index in [-0.39, 0.29) is 38.1 Å². The van der Waals surface area contributed by atoms with Crippen LogP contribution in [0.15, 0.2) is 77.9 Å². The van der Waals surface area contributed by atoms with Crippen molar-refractivity contribution >= 4 is 34.8 Å². The molecule has 4 N–H and O–H groups in total. The van der Waals surface area contributed by atoms with Crippen molar-refractivity contribution in [2.24, 2.45) is 5.11 Å². The van der Waals surface area contributed by atoms with E-state index in [1.807, 2.05) is 79.7 Å². The molecule has 0 bridgehead atoms. The molecule has 4 amide bonds. The minimum Gasteiger partial charge on any atom is -0.465 e. The molecule has 0 radical (unpaired) electrons. The van der Waals surface area contributed by atoms with E-state index in [0.717, 1.165) is 41.2 Å². The van der Waals surface area contributed by atoms with Crippen molar-refractivity contribution in [1.29, 1.82) is 0 Å². The first kappa shape index (κ1) is 41.1. The van der Waals surface area contributed by atoms with Gasteiger partial charge in [0.2, 0.25) is 12.1 Å². The Bertz CT molecular complexity index is 1620. The Hall–Kier alpha value is -5.33. The Morgan fingerprint density at radius 1 is 0.865 bits per heavy atom. The highest BCUT2D eigenvalue weighted by molar-refractivity contribution is 5.86. The largest absolute Gasteiger partial charge is 0.465 e. The molecule has 0 aromatic heterocycles. The van der Waals surface area contributed by atoms with Crippen molar-refractivity contribution in [3.8, 4) is 0 Å². The lowest BCUT2D eigenvalue weighted by molar-refractivity contribution is -0.145. The van der Waals surface area contributed by atoms with Gasteiger partial charge in [-0.05, 0) is 79.4 Å². The van der Waals surface area contributed by atoms with Gasteiger partial charge in [0.25, 0.3) is 5.91 Å². The Balaban J connectivity index is 1.56. The second-order valence-corrected chi connectivity index (χ2v) is 12.6. The normalized spacial score (nSPS) is 12.5. The SMILES string of the molecule is C[C@H](CCN(CCCCNC(=O)[C@@H](NC(=O)CCCCCCN=[N+]=[N-])O[C@@H](C)c1ccc2ccccc2c1)C(=O)OCc1ccccc1)NC(=O)O. The van der Waals surface area contributed by atoms with E-state index in [0.29, 0.717) is 38.8 Å². The third-order valence-electron chi connectivity index (χ3n) is 8.41. The number of nitrogens with one attached hydrogen (secondary N) is 3. The van der Waals surface area contributed by atoms with Crippen LogP contribution in [-0.2, 0) is 25.7 Å². The maximum atomic E-state index is 13.4. The molecule has 3 atom stereocenters. The van der Waals surface area contributed by atoms with Gasteiger partial charge in [-0.25, -0.2) is 9.59 Å². The minimum atomic E-state index is -1.23. The Morgan fingerprint density at radius 2 is 1.60 bits per heavy atom. The number of carboxylic acid groups (broad SMARTS) is 1. The highest BCUT2D eigenvalue weighted by Crippen LogP contribution is 2.23. The van der Waals surface area contributed by atoms with Gasteiger partial charge in [-0.1, -0.05) is 84.7 Å². The second-order valence-electron chi connectivity index (χ2n) is 12.6. The molecular weight excluding hydrogens is 666 g/mol. The summed E-state index contributed by atoms with van der Waals surface area (Å²) in [6.45, 7) is 4.98. The number of hydrogen-bond acceptors (Lipinski definition) is 7. The lowest BCUT2D eigenvalue weighted by Crippen LogP contribution is -2.49. The van der Waals surface area contributed by atoms with Crippen LogP contribution in [-0.4, -0.2) is 72.5 Å². The van der Waals surface area contributed by atoms with Crippen molar-refractivity contribution in [2.45, 2.75) is 90.2 Å². The first-order valence-corrected chi connectivity index (χ1v) is 17.8. The number of unbranched alkanes of at least 4 members (excludes halogenated alkanes) is 4. The number of nitrogens with zero attached hydrogens (tertiary/aromatic N) is 4. The summed E-state index contributed by atoms with van der Waals surface area (Å²) in [6.07, 6.45) is 1.26. The molecule has 0 aliphatic rings. The zero-order valence-electron chi connectivity index (χ0n) is 30.0. The van der Waals surface area contributed by atoms with Crippen molar-refractivity contribution in [3.05, 3.63) is 94.4 Å². The molecule has 3 aromatic rings. The zero-order chi connectivity index (χ0) is 37.6. The standard InChI is InChI=1S/C38H51N7O7/c1-28(42-37(48)49)21-25-45(38(50)51-27-30-14-6-5-7-15-30)24-13-12-22-40-35(47)36(43-34(46)18-8-3-4-11-23-41-44-39)52-29(2)32-20-19-31-16-9-10-17-33(31)26-32/h5-7,9-10,14-17,19-20,26,28-29,36,42H,3-4,8,11-13,18,21-25,27H2,1-2H3,(H,40,47)(H,43,46)(H,48,49)/t28-,29+,36+/m1/s1. The summed E-state index contributed by atoms with van der Waals surface area (Å²) in [7, 11) is 0. The van der Waals surface area contributed by atoms with Crippen LogP contribution in [0.3, 0.4) is 0 Å². The maximum Gasteiger partial charge on any atom is 0.410 e. The predicted octanol–water partition coefficient (Wildman–Crippen LogP) is 7.20. The van der Waals surface area contributed by atoms with E-state index in [4.69, 9.17) is 20.1 Å². The van der Waals surface area contributed by atoms with Crippen LogP contribution in [0, 0.1) is 0 Å². The molecule has 0 heterocycles. The van der Waals surface area contributed by atoms with Crippen LogP contribution in [0.5, 0.6) is 0 Å². The molecule has 14 nitrogen and oxygen atoms in total. The number of carbonyl (C=O) groups is 4. The minimum absolute atomic E-state index is 0.108. The Labute approximate surface area is 304 Å².